The van der Waals surface area contributed by atoms with Crippen LogP contribution in [0.4, 0.5) is 0 Å². The molecule has 0 spiro atoms. The second kappa shape index (κ2) is 6.76. The molecule has 1 atom stereocenters. The number of hydrogen-bond acceptors (Lipinski definition) is 4. The van der Waals surface area contributed by atoms with E-state index in [-0.39, 0.29) is 17.9 Å². The Labute approximate surface area is 154 Å². The third kappa shape index (κ3) is 3.09. The fourth-order valence-electron chi connectivity index (χ4n) is 3.88. The van der Waals surface area contributed by atoms with Gasteiger partial charge in [0.15, 0.2) is 0 Å². The van der Waals surface area contributed by atoms with Gasteiger partial charge in [-0.25, -0.2) is 4.98 Å². The van der Waals surface area contributed by atoms with E-state index in [2.05, 4.69) is 23.8 Å². The van der Waals surface area contributed by atoms with Crippen molar-refractivity contribution >= 4 is 5.91 Å². The predicted molar refractivity (Wildman–Crippen MR) is 98.9 cm³/mol. The van der Waals surface area contributed by atoms with Crippen LogP contribution in [0.2, 0.25) is 0 Å². The number of methoxy groups -OCH3 is 1. The molecule has 0 saturated heterocycles. The molecule has 1 aromatic heterocycles. The molecule has 2 N–H and O–H groups in total. The van der Waals surface area contributed by atoms with Gasteiger partial charge in [-0.05, 0) is 36.5 Å². The summed E-state index contributed by atoms with van der Waals surface area (Å²) in [6.45, 7) is 6.75. The predicted octanol–water partition coefficient (Wildman–Crippen LogP) is 2.42. The van der Waals surface area contributed by atoms with Gasteiger partial charge >= 0.3 is 0 Å². The Morgan fingerprint density at radius 3 is 2.46 bits per heavy atom. The number of aliphatic hydroxyl groups excluding tert-OH is 1. The maximum atomic E-state index is 13.5. The number of rotatable bonds is 7. The van der Waals surface area contributed by atoms with Gasteiger partial charge in [0.2, 0.25) is 5.91 Å². The lowest BCUT2D eigenvalue weighted by Gasteiger charge is -2.29. The Kier molecular flexibility index (Phi) is 4.80. The third-order valence-corrected chi connectivity index (χ3v) is 5.46. The lowest BCUT2D eigenvalue weighted by atomic mass is 9.86. The molecule has 1 saturated carbocycles. The van der Waals surface area contributed by atoms with Crippen molar-refractivity contribution < 1.29 is 14.6 Å². The van der Waals surface area contributed by atoms with E-state index in [4.69, 9.17) is 4.74 Å². The van der Waals surface area contributed by atoms with Crippen LogP contribution in [0.1, 0.15) is 37.4 Å². The number of ether oxygens (including phenoxy) is 1. The molecule has 1 aromatic carbocycles. The molecule has 1 aliphatic rings. The monoisotopic (exact) mass is 357 g/mol. The summed E-state index contributed by atoms with van der Waals surface area (Å²) < 4.78 is 5.24. The molecule has 6 heteroatoms. The molecule has 1 amide bonds. The number of carbonyl (C=O) groups is 1. The largest absolute Gasteiger partial charge is 0.497 e. The van der Waals surface area contributed by atoms with Crippen LogP contribution in [0.5, 0.6) is 5.75 Å². The highest BCUT2D eigenvalue weighted by atomic mass is 16.5. The molecule has 1 aliphatic carbocycles. The first kappa shape index (κ1) is 18.5. The number of benzene rings is 1. The Morgan fingerprint density at radius 1 is 1.35 bits per heavy atom. The molecule has 0 aliphatic heterocycles. The first-order chi connectivity index (χ1) is 12.3. The number of imidazole rings is 1. The van der Waals surface area contributed by atoms with E-state index in [0.717, 1.165) is 29.3 Å². The van der Waals surface area contributed by atoms with Crippen LogP contribution < -0.4 is 4.74 Å². The summed E-state index contributed by atoms with van der Waals surface area (Å²) in [6.07, 6.45) is 2.53. The van der Waals surface area contributed by atoms with E-state index >= 15 is 0 Å². The second-order valence-corrected chi connectivity index (χ2v) is 7.64. The van der Waals surface area contributed by atoms with Gasteiger partial charge in [0, 0.05) is 6.54 Å². The summed E-state index contributed by atoms with van der Waals surface area (Å²) in [5.41, 5.74) is 1.17. The lowest BCUT2D eigenvalue weighted by molar-refractivity contribution is -0.136. The van der Waals surface area contributed by atoms with Crippen molar-refractivity contribution in [2.45, 2.75) is 39.2 Å². The number of H-pyrrole nitrogens is 1. The summed E-state index contributed by atoms with van der Waals surface area (Å²) in [5.74, 6) is 1.64. The number of aromatic amines is 1. The smallest absolute Gasteiger partial charge is 0.234 e. The minimum atomic E-state index is -0.566. The fourth-order valence-corrected chi connectivity index (χ4v) is 3.88. The molecule has 0 bridgehead atoms. The van der Waals surface area contributed by atoms with Gasteiger partial charge in [-0.2, -0.15) is 0 Å². The van der Waals surface area contributed by atoms with Crippen LogP contribution in [0.25, 0.3) is 0 Å². The average Bonchev–Trinajstić information content (AvgIpc) is 2.98. The molecule has 26 heavy (non-hydrogen) atoms. The SMILES string of the molecule is COc1ccc(C2(C(=O)N(CCO)Cc3cnc(C)[nH]3)CC2(C)C)cc1. The summed E-state index contributed by atoms with van der Waals surface area (Å²) >= 11 is 0. The number of amides is 1. The van der Waals surface area contributed by atoms with Gasteiger partial charge in [-0.3, -0.25) is 4.79 Å². The topological polar surface area (TPSA) is 78.4 Å². The molecule has 2 aromatic rings. The Balaban J connectivity index is 1.91. The van der Waals surface area contributed by atoms with Gasteiger partial charge in [-0.15, -0.1) is 0 Å². The zero-order valence-corrected chi connectivity index (χ0v) is 15.9. The van der Waals surface area contributed by atoms with Crippen molar-refractivity contribution in [3.63, 3.8) is 0 Å². The highest BCUT2D eigenvalue weighted by Crippen LogP contribution is 2.65. The summed E-state index contributed by atoms with van der Waals surface area (Å²) in [5, 5.41) is 9.49. The first-order valence-corrected chi connectivity index (χ1v) is 8.89. The molecule has 1 unspecified atom stereocenters. The number of aromatic nitrogens is 2. The van der Waals surface area contributed by atoms with Crippen molar-refractivity contribution in [3.05, 3.63) is 47.5 Å². The average molecular weight is 357 g/mol. The molecular formula is C20H27N3O3. The van der Waals surface area contributed by atoms with Crippen LogP contribution in [0.3, 0.4) is 0 Å². The van der Waals surface area contributed by atoms with Gasteiger partial charge in [0.05, 0.1) is 37.6 Å². The molecular weight excluding hydrogens is 330 g/mol. The molecule has 1 heterocycles. The number of nitrogens with zero attached hydrogens (tertiary/aromatic N) is 2. The molecule has 3 rings (SSSR count). The van der Waals surface area contributed by atoms with E-state index in [0.29, 0.717) is 13.1 Å². The van der Waals surface area contributed by atoms with Crippen LogP contribution in [0, 0.1) is 12.3 Å². The van der Waals surface area contributed by atoms with Crippen LogP contribution in [-0.4, -0.2) is 46.1 Å². The highest BCUT2D eigenvalue weighted by Gasteiger charge is 2.67. The van der Waals surface area contributed by atoms with Gasteiger partial charge in [0.1, 0.15) is 11.6 Å². The normalized spacial score (nSPS) is 20.7. The van der Waals surface area contributed by atoms with Crippen molar-refractivity contribution in [2.75, 3.05) is 20.3 Å². The summed E-state index contributed by atoms with van der Waals surface area (Å²) in [4.78, 5) is 22.6. The van der Waals surface area contributed by atoms with Crippen molar-refractivity contribution in [3.8, 4) is 5.75 Å². The van der Waals surface area contributed by atoms with E-state index in [1.54, 1.807) is 18.2 Å². The Morgan fingerprint density at radius 2 is 2.00 bits per heavy atom. The fraction of sp³-hybridized carbons (Fsp3) is 0.500. The van der Waals surface area contributed by atoms with Crippen LogP contribution in [0.15, 0.2) is 30.5 Å². The Hall–Kier alpha value is -2.34. The number of aryl methyl sites for hydroxylation is 1. The van der Waals surface area contributed by atoms with Crippen LogP contribution in [-0.2, 0) is 16.8 Å². The molecule has 140 valence electrons. The molecule has 0 radical (unpaired) electrons. The van der Waals surface area contributed by atoms with Crippen molar-refractivity contribution in [1.82, 2.24) is 14.9 Å². The van der Waals surface area contributed by atoms with Crippen LogP contribution >= 0.6 is 0 Å². The molecule has 1 fully saturated rings. The summed E-state index contributed by atoms with van der Waals surface area (Å²) in [6, 6.07) is 7.74. The van der Waals surface area contributed by atoms with Crippen molar-refractivity contribution in [2.24, 2.45) is 5.41 Å². The van der Waals surface area contributed by atoms with Gasteiger partial charge < -0.3 is 19.7 Å². The zero-order valence-electron chi connectivity index (χ0n) is 15.9. The van der Waals surface area contributed by atoms with Gasteiger partial charge in [-0.1, -0.05) is 26.0 Å². The van der Waals surface area contributed by atoms with Gasteiger partial charge in [0.25, 0.3) is 0 Å². The van der Waals surface area contributed by atoms with E-state index in [9.17, 15) is 9.90 Å². The van der Waals surface area contributed by atoms with Crippen molar-refractivity contribution in [1.29, 1.82) is 0 Å². The standard InChI is InChI=1S/C20H27N3O3/c1-14-21-11-16(22-14)12-23(9-10-24)18(25)20(13-19(20,2)3)15-5-7-17(26-4)8-6-15/h5-8,11,24H,9-10,12-13H2,1-4H3,(H,21,22). The quantitative estimate of drug-likeness (QED) is 0.798. The first-order valence-electron chi connectivity index (χ1n) is 8.89. The molecule has 6 nitrogen and oxygen atoms in total. The maximum Gasteiger partial charge on any atom is 0.234 e. The third-order valence-electron chi connectivity index (χ3n) is 5.46. The number of nitrogens with one attached hydrogen (secondary N) is 1. The minimum absolute atomic E-state index is 0.0500. The Bertz CT molecular complexity index is 782. The number of aliphatic hydroxyl groups is 1. The van der Waals surface area contributed by atoms with E-state index in [1.807, 2.05) is 31.2 Å². The minimum Gasteiger partial charge on any atom is -0.497 e. The number of carbonyl (C=O) groups excluding carboxylic acids is 1. The maximum absolute atomic E-state index is 13.5. The second-order valence-electron chi connectivity index (χ2n) is 7.64. The summed E-state index contributed by atoms with van der Waals surface area (Å²) in [7, 11) is 1.63. The van der Waals surface area contributed by atoms with E-state index in [1.165, 1.54) is 0 Å². The lowest BCUT2D eigenvalue weighted by Crippen LogP contribution is -2.42. The number of hydrogen-bond donors (Lipinski definition) is 2. The zero-order chi connectivity index (χ0) is 18.9. The highest BCUT2D eigenvalue weighted by molar-refractivity contribution is 5.93. The van der Waals surface area contributed by atoms with E-state index < -0.39 is 5.41 Å².